The quantitative estimate of drug-likeness (QED) is 0.793. The van der Waals surface area contributed by atoms with Crippen molar-refractivity contribution in [2.75, 3.05) is 13.1 Å². The topological polar surface area (TPSA) is 78.5 Å². The van der Waals surface area contributed by atoms with E-state index in [0.29, 0.717) is 13.0 Å². The number of carbonyl (C=O) groups is 3. The second-order valence-electron chi connectivity index (χ2n) is 4.90. The number of likely N-dealkylation sites (N-methyl/N-ethyl adjacent to an activating group) is 1. The van der Waals surface area contributed by atoms with Crippen LogP contribution in [0.15, 0.2) is 30.3 Å². The molecule has 0 spiro atoms. The molecule has 6 nitrogen and oxygen atoms in total. The average molecular weight is 289 g/mol. The molecule has 1 atom stereocenters. The highest BCUT2D eigenvalue weighted by atomic mass is 16.2. The van der Waals surface area contributed by atoms with E-state index in [9.17, 15) is 14.4 Å². The van der Waals surface area contributed by atoms with E-state index < -0.39 is 11.6 Å². The van der Waals surface area contributed by atoms with Gasteiger partial charge in [0.25, 0.3) is 5.91 Å². The Morgan fingerprint density at radius 2 is 1.90 bits per heavy atom. The molecule has 0 aromatic heterocycles. The first kappa shape index (κ1) is 15.0. The summed E-state index contributed by atoms with van der Waals surface area (Å²) < 4.78 is 0. The van der Waals surface area contributed by atoms with Crippen LogP contribution in [0.1, 0.15) is 25.8 Å². The summed E-state index contributed by atoms with van der Waals surface area (Å²) in [5, 5.41) is 5.32. The van der Waals surface area contributed by atoms with E-state index in [1.165, 1.54) is 0 Å². The molecule has 0 aliphatic carbocycles. The molecular formula is C15H19N3O3. The smallest absolute Gasteiger partial charge is 0.325 e. The van der Waals surface area contributed by atoms with Gasteiger partial charge < -0.3 is 10.6 Å². The maximum Gasteiger partial charge on any atom is 0.325 e. The summed E-state index contributed by atoms with van der Waals surface area (Å²) in [6.45, 7) is 3.82. The minimum absolute atomic E-state index is 0.257. The number of hydrogen-bond donors (Lipinski definition) is 2. The van der Waals surface area contributed by atoms with E-state index >= 15 is 0 Å². The van der Waals surface area contributed by atoms with Crippen molar-refractivity contribution in [3.8, 4) is 0 Å². The van der Waals surface area contributed by atoms with Gasteiger partial charge in [-0.3, -0.25) is 14.5 Å². The van der Waals surface area contributed by atoms with Crippen LogP contribution in [0.4, 0.5) is 4.79 Å². The lowest BCUT2D eigenvalue weighted by Crippen LogP contribution is -2.44. The van der Waals surface area contributed by atoms with Gasteiger partial charge in [0, 0.05) is 6.54 Å². The van der Waals surface area contributed by atoms with Crippen LogP contribution in [0.3, 0.4) is 0 Å². The molecule has 112 valence electrons. The molecule has 1 saturated heterocycles. The van der Waals surface area contributed by atoms with Crippen molar-refractivity contribution in [3.63, 3.8) is 0 Å². The zero-order chi connectivity index (χ0) is 15.5. The van der Waals surface area contributed by atoms with Crippen LogP contribution in [-0.4, -0.2) is 35.8 Å². The summed E-state index contributed by atoms with van der Waals surface area (Å²) in [5.74, 6) is -0.728. The van der Waals surface area contributed by atoms with E-state index in [0.717, 1.165) is 10.5 Å². The summed E-state index contributed by atoms with van der Waals surface area (Å²) in [6, 6.07) is 8.56. The predicted molar refractivity (Wildman–Crippen MR) is 77.3 cm³/mol. The molecule has 0 radical (unpaired) electrons. The van der Waals surface area contributed by atoms with Gasteiger partial charge in [-0.25, -0.2) is 4.79 Å². The fourth-order valence-electron chi connectivity index (χ4n) is 2.53. The Labute approximate surface area is 123 Å². The number of nitrogens with zero attached hydrogens (tertiary/aromatic N) is 1. The molecule has 1 aromatic rings. The summed E-state index contributed by atoms with van der Waals surface area (Å²) in [6.07, 6.45) is 0.424. The molecule has 1 aliphatic heterocycles. The highest BCUT2D eigenvalue weighted by Gasteiger charge is 2.51. The Bertz CT molecular complexity index is 559. The second-order valence-corrected chi connectivity index (χ2v) is 4.90. The van der Waals surface area contributed by atoms with Crippen molar-refractivity contribution in [3.05, 3.63) is 35.9 Å². The second kappa shape index (κ2) is 5.95. The van der Waals surface area contributed by atoms with Crippen LogP contribution in [0.5, 0.6) is 0 Å². The Balaban J connectivity index is 2.29. The predicted octanol–water partition coefficient (Wildman–Crippen LogP) is 0.980. The van der Waals surface area contributed by atoms with Gasteiger partial charge in [0.05, 0.1) is 0 Å². The van der Waals surface area contributed by atoms with Gasteiger partial charge >= 0.3 is 6.03 Å². The normalized spacial score (nSPS) is 21.3. The number of amides is 4. The van der Waals surface area contributed by atoms with Crippen molar-refractivity contribution < 1.29 is 14.4 Å². The zero-order valence-electron chi connectivity index (χ0n) is 12.2. The molecule has 1 fully saturated rings. The van der Waals surface area contributed by atoms with E-state index in [-0.39, 0.29) is 18.4 Å². The lowest BCUT2D eigenvalue weighted by Gasteiger charge is -2.25. The summed E-state index contributed by atoms with van der Waals surface area (Å²) in [4.78, 5) is 37.4. The molecule has 0 saturated carbocycles. The highest BCUT2D eigenvalue weighted by Crippen LogP contribution is 2.32. The third kappa shape index (κ3) is 2.61. The minimum Gasteiger partial charge on any atom is -0.355 e. The average Bonchev–Trinajstić information content (AvgIpc) is 2.73. The molecule has 1 aliphatic rings. The van der Waals surface area contributed by atoms with Crippen molar-refractivity contribution in [1.82, 2.24) is 15.5 Å². The number of imide groups is 1. The van der Waals surface area contributed by atoms with Gasteiger partial charge in [-0.1, -0.05) is 37.3 Å². The number of benzene rings is 1. The van der Waals surface area contributed by atoms with Gasteiger partial charge in [0.2, 0.25) is 5.91 Å². The van der Waals surface area contributed by atoms with E-state index in [1.54, 1.807) is 19.1 Å². The molecule has 1 unspecified atom stereocenters. The lowest BCUT2D eigenvalue weighted by molar-refractivity contribution is -0.135. The maximum atomic E-state index is 12.7. The van der Waals surface area contributed by atoms with Crippen molar-refractivity contribution in [2.24, 2.45) is 0 Å². The molecular weight excluding hydrogens is 270 g/mol. The molecule has 2 N–H and O–H groups in total. The maximum absolute atomic E-state index is 12.7. The van der Waals surface area contributed by atoms with E-state index in [2.05, 4.69) is 10.6 Å². The monoisotopic (exact) mass is 289 g/mol. The molecule has 6 heteroatoms. The third-order valence-corrected chi connectivity index (χ3v) is 3.65. The zero-order valence-corrected chi connectivity index (χ0v) is 12.2. The molecule has 1 heterocycles. The summed E-state index contributed by atoms with van der Waals surface area (Å²) in [7, 11) is 0. The molecule has 0 bridgehead atoms. The molecule has 2 rings (SSSR count). The Hall–Kier alpha value is -2.37. The van der Waals surface area contributed by atoms with Gasteiger partial charge in [0.1, 0.15) is 12.1 Å². The third-order valence-electron chi connectivity index (χ3n) is 3.65. The van der Waals surface area contributed by atoms with Crippen LogP contribution in [0.25, 0.3) is 0 Å². The summed E-state index contributed by atoms with van der Waals surface area (Å²) >= 11 is 0. The SMILES string of the molecule is CCNC(=O)CN1C(=O)NC(CC)(c2ccccc2)C1=O. The Morgan fingerprint density at radius 1 is 1.24 bits per heavy atom. The van der Waals surface area contributed by atoms with Gasteiger partial charge in [-0.15, -0.1) is 0 Å². The van der Waals surface area contributed by atoms with Gasteiger partial charge in [0.15, 0.2) is 0 Å². The Morgan fingerprint density at radius 3 is 2.48 bits per heavy atom. The number of nitrogens with one attached hydrogen (secondary N) is 2. The van der Waals surface area contributed by atoms with Gasteiger partial charge in [-0.2, -0.15) is 0 Å². The largest absolute Gasteiger partial charge is 0.355 e. The number of rotatable bonds is 5. The first-order chi connectivity index (χ1) is 10.0. The van der Waals surface area contributed by atoms with Crippen LogP contribution < -0.4 is 10.6 Å². The van der Waals surface area contributed by atoms with Crippen molar-refractivity contribution in [2.45, 2.75) is 25.8 Å². The first-order valence-electron chi connectivity index (χ1n) is 7.01. The lowest BCUT2D eigenvalue weighted by atomic mass is 9.87. The standard InChI is InChI=1S/C15H19N3O3/c1-3-15(11-8-6-5-7-9-11)13(20)18(14(21)17-15)10-12(19)16-4-2/h5-9H,3-4,10H2,1-2H3,(H,16,19)(H,17,21). The molecule has 21 heavy (non-hydrogen) atoms. The fourth-order valence-corrected chi connectivity index (χ4v) is 2.53. The first-order valence-corrected chi connectivity index (χ1v) is 7.01. The fraction of sp³-hybridized carbons (Fsp3) is 0.400. The van der Waals surface area contributed by atoms with Crippen LogP contribution in [-0.2, 0) is 15.1 Å². The minimum atomic E-state index is -1.08. The van der Waals surface area contributed by atoms with Gasteiger partial charge in [-0.05, 0) is 18.9 Å². The van der Waals surface area contributed by atoms with Crippen molar-refractivity contribution >= 4 is 17.8 Å². The van der Waals surface area contributed by atoms with Crippen LogP contribution >= 0.6 is 0 Å². The van der Waals surface area contributed by atoms with E-state index in [1.807, 2.05) is 25.1 Å². The summed E-state index contributed by atoms with van der Waals surface area (Å²) in [5.41, 5.74) is -0.352. The molecule has 4 amide bonds. The van der Waals surface area contributed by atoms with Crippen LogP contribution in [0.2, 0.25) is 0 Å². The number of hydrogen-bond acceptors (Lipinski definition) is 3. The van der Waals surface area contributed by atoms with Crippen LogP contribution in [0, 0.1) is 0 Å². The van der Waals surface area contributed by atoms with Crippen molar-refractivity contribution in [1.29, 1.82) is 0 Å². The Kier molecular flexibility index (Phi) is 4.26. The number of urea groups is 1. The highest BCUT2D eigenvalue weighted by molar-refractivity contribution is 6.09. The molecule has 1 aromatic carbocycles. The van der Waals surface area contributed by atoms with E-state index in [4.69, 9.17) is 0 Å². The number of carbonyl (C=O) groups excluding carboxylic acids is 3.